The number of hydrogen-bond acceptors (Lipinski definition) is 4. The molecule has 0 aromatic heterocycles. The Hall–Kier alpha value is -3.12. The molecule has 0 unspecified atom stereocenters. The first-order valence-corrected chi connectivity index (χ1v) is 11.3. The van der Waals surface area contributed by atoms with Gasteiger partial charge in [-0.15, -0.1) is 0 Å². The van der Waals surface area contributed by atoms with Gasteiger partial charge >= 0.3 is 0 Å². The van der Waals surface area contributed by atoms with Gasteiger partial charge in [0.2, 0.25) is 0 Å². The number of Topliss-reactive ketones (excluding diaryl/α,β-unsaturated/α-hetero) is 1. The van der Waals surface area contributed by atoms with Crippen LogP contribution in [0, 0.1) is 5.82 Å². The zero-order chi connectivity index (χ0) is 22.2. The predicted octanol–water partition coefficient (Wildman–Crippen LogP) is 6.58. The number of para-hydroxylation sites is 2. The van der Waals surface area contributed by atoms with Gasteiger partial charge < -0.3 is 15.4 Å². The molecule has 1 aliphatic heterocycles. The zero-order valence-electron chi connectivity index (χ0n) is 17.5. The summed E-state index contributed by atoms with van der Waals surface area (Å²) in [6.07, 6.45) is 1.03. The smallest absolute Gasteiger partial charge is 0.163 e. The average Bonchev–Trinajstić information content (AvgIpc) is 2.97. The highest BCUT2D eigenvalue weighted by Gasteiger charge is 2.37. The lowest BCUT2D eigenvalue weighted by Gasteiger charge is -2.30. The maximum absolute atomic E-state index is 14.9. The van der Waals surface area contributed by atoms with Crippen molar-refractivity contribution >= 4 is 33.1 Å². The molecule has 0 spiro atoms. The number of fused-ring (bicyclic) bond motifs is 1. The fraction of sp³-hybridized carbons (Fsp3) is 0.192. The second-order valence-corrected chi connectivity index (χ2v) is 9.02. The molecule has 0 saturated heterocycles. The Morgan fingerprint density at radius 2 is 1.75 bits per heavy atom. The van der Waals surface area contributed by atoms with Crippen LogP contribution in [-0.2, 0) is 4.79 Å². The lowest BCUT2D eigenvalue weighted by Crippen LogP contribution is -2.27. The van der Waals surface area contributed by atoms with Crippen molar-refractivity contribution in [2.24, 2.45) is 0 Å². The van der Waals surface area contributed by atoms with Crippen LogP contribution in [0.5, 0.6) is 5.75 Å². The minimum Gasteiger partial charge on any atom is -0.497 e. The van der Waals surface area contributed by atoms with Crippen LogP contribution >= 0.6 is 15.9 Å². The first kappa shape index (κ1) is 20.8. The number of anilines is 2. The Bertz CT molecular complexity index is 1220. The number of hydrogen-bond donors (Lipinski definition) is 2. The summed E-state index contributed by atoms with van der Waals surface area (Å²) >= 11 is 3.45. The van der Waals surface area contributed by atoms with E-state index in [-0.39, 0.29) is 17.5 Å². The van der Waals surface area contributed by atoms with E-state index in [0.717, 1.165) is 32.9 Å². The largest absolute Gasteiger partial charge is 0.497 e. The standard InChI is InChI=1S/C26H22BrFN2O2/c1-32-18-9-6-15(7-10-18)16-12-23-25(24(31)13-16)26(19-14-17(27)8-11-20(19)28)30-22-5-3-2-4-21(22)29-23/h2-11,14,16,26,29-30H,12-13H2,1H3/t16-,26+/m1/s1. The number of nitrogens with one attached hydrogen (secondary N) is 2. The van der Waals surface area contributed by atoms with E-state index in [4.69, 9.17) is 4.74 Å². The van der Waals surface area contributed by atoms with E-state index in [1.165, 1.54) is 6.07 Å². The van der Waals surface area contributed by atoms with E-state index in [0.29, 0.717) is 24.0 Å². The van der Waals surface area contributed by atoms with Crippen LogP contribution in [0.15, 0.2) is 82.5 Å². The van der Waals surface area contributed by atoms with Crippen LogP contribution in [0.1, 0.15) is 35.9 Å². The predicted molar refractivity (Wildman–Crippen MR) is 128 cm³/mol. The van der Waals surface area contributed by atoms with E-state index in [9.17, 15) is 9.18 Å². The molecule has 0 bridgehead atoms. The van der Waals surface area contributed by atoms with Crippen LogP contribution in [0.3, 0.4) is 0 Å². The number of rotatable bonds is 3. The molecule has 0 fully saturated rings. The van der Waals surface area contributed by atoms with E-state index in [1.807, 2.05) is 48.5 Å². The maximum atomic E-state index is 14.9. The van der Waals surface area contributed by atoms with Crippen molar-refractivity contribution in [1.29, 1.82) is 0 Å². The molecule has 2 N–H and O–H groups in total. The van der Waals surface area contributed by atoms with Gasteiger partial charge in [-0.25, -0.2) is 4.39 Å². The summed E-state index contributed by atoms with van der Waals surface area (Å²) in [5.74, 6) is 0.496. The molecule has 3 aromatic carbocycles. The van der Waals surface area contributed by atoms with Gasteiger partial charge in [0.25, 0.3) is 0 Å². The molecule has 6 heteroatoms. The Morgan fingerprint density at radius 1 is 1.00 bits per heavy atom. The monoisotopic (exact) mass is 492 g/mol. The van der Waals surface area contributed by atoms with Crippen molar-refractivity contribution in [1.82, 2.24) is 0 Å². The average molecular weight is 493 g/mol. The Balaban J connectivity index is 1.61. The Kier molecular flexibility index (Phi) is 5.47. The minimum atomic E-state index is -0.581. The molecule has 2 aliphatic rings. The lowest BCUT2D eigenvalue weighted by molar-refractivity contribution is -0.116. The summed E-state index contributed by atoms with van der Waals surface area (Å²) < 4.78 is 21.0. The van der Waals surface area contributed by atoms with Crippen LogP contribution < -0.4 is 15.4 Å². The van der Waals surface area contributed by atoms with E-state index >= 15 is 0 Å². The fourth-order valence-electron chi connectivity index (χ4n) is 4.57. The van der Waals surface area contributed by atoms with Gasteiger partial charge in [0.15, 0.2) is 5.78 Å². The third-order valence-electron chi connectivity index (χ3n) is 6.17. The summed E-state index contributed by atoms with van der Waals surface area (Å²) in [6.45, 7) is 0. The highest BCUT2D eigenvalue weighted by Crippen LogP contribution is 2.45. The number of methoxy groups -OCH3 is 1. The topological polar surface area (TPSA) is 50.4 Å². The second kappa shape index (κ2) is 8.43. The maximum Gasteiger partial charge on any atom is 0.163 e. The molecule has 4 nitrogen and oxygen atoms in total. The Labute approximate surface area is 194 Å². The summed E-state index contributed by atoms with van der Waals surface area (Å²) in [5.41, 5.74) is 4.68. The third-order valence-corrected chi connectivity index (χ3v) is 6.66. The van der Waals surface area contributed by atoms with Gasteiger partial charge in [0.1, 0.15) is 11.6 Å². The fourth-order valence-corrected chi connectivity index (χ4v) is 4.95. The molecule has 2 atom stereocenters. The number of carbonyl (C=O) groups excluding carboxylic acids is 1. The van der Waals surface area contributed by atoms with E-state index < -0.39 is 6.04 Å². The van der Waals surface area contributed by atoms with Gasteiger partial charge in [-0.2, -0.15) is 0 Å². The van der Waals surface area contributed by atoms with Crippen molar-refractivity contribution in [2.45, 2.75) is 24.8 Å². The number of benzene rings is 3. The summed E-state index contributed by atoms with van der Waals surface area (Å²) in [4.78, 5) is 13.5. The van der Waals surface area contributed by atoms with Crippen LogP contribution in [-0.4, -0.2) is 12.9 Å². The van der Waals surface area contributed by atoms with Gasteiger partial charge in [-0.05, 0) is 60.4 Å². The summed E-state index contributed by atoms with van der Waals surface area (Å²) in [5, 5.41) is 6.91. The van der Waals surface area contributed by atoms with Crippen molar-refractivity contribution < 1.29 is 13.9 Å². The van der Waals surface area contributed by atoms with Gasteiger partial charge in [-0.1, -0.05) is 40.2 Å². The lowest BCUT2D eigenvalue weighted by atomic mass is 9.78. The molecule has 0 radical (unpaired) electrons. The number of halogens is 2. The molecule has 162 valence electrons. The summed E-state index contributed by atoms with van der Waals surface area (Å²) in [6, 6.07) is 19.9. The molecule has 32 heavy (non-hydrogen) atoms. The minimum absolute atomic E-state index is 0.0178. The number of carbonyl (C=O) groups is 1. The number of allylic oxidation sites excluding steroid dienone is 1. The first-order valence-electron chi connectivity index (χ1n) is 10.5. The molecular formula is C26H22BrFN2O2. The normalized spacial score (nSPS) is 19.9. The summed E-state index contributed by atoms with van der Waals surface area (Å²) in [7, 11) is 1.64. The number of ether oxygens (including phenoxy) is 1. The van der Waals surface area contributed by atoms with Crippen molar-refractivity contribution in [2.75, 3.05) is 17.7 Å². The first-order chi connectivity index (χ1) is 15.5. The van der Waals surface area contributed by atoms with Crippen molar-refractivity contribution in [3.05, 3.63) is 99.4 Å². The van der Waals surface area contributed by atoms with Crippen molar-refractivity contribution in [3.8, 4) is 5.75 Å². The number of ketones is 1. The van der Waals surface area contributed by atoms with Gasteiger partial charge in [0.05, 0.1) is 24.5 Å². The SMILES string of the molecule is COc1ccc([C@H]2CC(=O)C3=C(C2)Nc2ccccc2N[C@H]3c2cc(Br)ccc2F)cc1. The molecule has 5 rings (SSSR count). The van der Waals surface area contributed by atoms with Gasteiger partial charge in [0, 0.05) is 27.7 Å². The third kappa shape index (κ3) is 3.79. The quantitative estimate of drug-likeness (QED) is 0.433. The Morgan fingerprint density at radius 3 is 2.50 bits per heavy atom. The molecule has 0 saturated carbocycles. The molecule has 3 aromatic rings. The second-order valence-electron chi connectivity index (χ2n) is 8.11. The molecule has 1 heterocycles. The molecular weight excluding hydrogens is 471 g/mol. The highest BCUT2D eigenvalue weighted by molar-refractivity contribution is 9.10. The van der Waals surface area contributed by atoms with Crippen LogP contribution in [0.4, 0.5) is 15.8 Å². The molecule has 0 amide bonds. The van der Waals surface area contributed by atoms with E-state index in [1.54, 1.807) is 19.2 Å². The van der Waals surface area contributed by atoms with Gasteiger partial charge in [-0.3, -0.25) is 4.79 Å². The van der Waals surface area contributed by atoms with Crippen molar-refractivity contribution in [3.63, 3.8) is 0 Å². The molecule has 1 aliphatic carbocycles. The van der Waals surface area contributed by atoms with E-state index in [2.05, 4.69) is 26.6 Å². The zero-order valence-corrected chi connectivity index (χ0v) is 19.1. The highest BCUT2D eigenvalue weighted by atomic mass is 79.9. The van der Waals surface area contributed by atoms with Crippen LogP contribution in [0.2, 0.25) is 0 Å². The van der Waals surface area contributed by atoms with Crippen LogP contribution in [0.25, 0.3) is 0 Å².